The number of halogens is 3. The molecule has 1 saturated heterocycles. The molecule has 1 aromatic rings. The van der Waals surface area contributed by atoms with Crippen LogP contribution in [0.1, 0.15) is 35.6 Å². The molecule has 0 spiro atoms. The molecule has 2 nitrogen and oxygen atoms in total. The molecular formula is C15H20F3NO. The molecule has 2 atom stereocenters. The van der Waals surface area contributed by atoms with Gasteiger partial charge in [-0.05, 0) is 43.9 Å². The first kappa shape index (κ1) is 15.2. The van der Waals surface area contributed by atoms with Crippen LogP contribution in [0.5, 0.6) is 5.75 Å². The van der Waals surface area contributed by atoms with Gasteiger partial charge in [-0.25, -0.2) is 0 Å². The van der Waals surface area contributed by atoms with E-state index in [0.717, 1.165) is 22.4 Å². The van der Waals surface area contributed by atoms with Crippen molar-refractivity contribution in [1.82, 2.24) is 5.32 Å². The lowest BCUT2D eigenvalue weighted by Gasteiger charge is -2.32. The first-order valence-corrected chi connectivity index (χ1v) is 6.78. The fourth-order valence-corrected chi connectivity index (χ4v) is 2.94. The highest BCUT2D eigenvalue weighted by Gasteiger charge is 2.42. The third-order valence-corrected chi connectivity index (χ3v) is 3.94. The molecule has 1 aliphatic heterocycles. The van der Waals surface area contributed by atoms with E-state index in [1.165, 1.54) is 0 Å². The molecule has 112 valence electrons. The van der Waals surface area contributed by atoms with Gasteiger partial charge in [0.1, 0.15) is 5.75 Å². The van der Waals surface area contributed by atoms with Crippen molar-refractivity contribution in [2.24, 2.45) is 5.92 Å². The number of methoxy groups -OCH3 is 1. The molecule has 1 fully saturated rings. The Morgan fingerprint density at radius 1 is 1.20 bits per heavy atom. The van der Waals surface area contributed by atoms with Gasteiger partial charge in [0.25, 0.3) is 0 Å². The van der Waals surface area contributed by atoms with E-state index in [0.29, 0.717) is 6.42 Å². The zero-order valence-electron chi connectivity index (χ0n) is 12.0. The number of rotatable bonds is 2. The molecule has 1 aliphatic rings. The molecule has 1 heterocycles. The first-order valence-electron chi connectivity index (χ1n) is 6.78. The Kier molecular flexibility index (Phi) is 4.28. The second kappa shape index (κ2) is 5.64. The number of alkyl halides is 3. The van der Waals surface area contributed by atoms with Crippen molar-refractivity contribution in [2.45, 2.75) is 38.9 Å². The summed E-state index contributed by atoms with van der Waals surface area (Å²) in [6.45, 7) is 3.93. The van der Waals surface area contributed by atoms with Crippen molar-refractivity contribution < 1.29 is 17.9 Å². The lowest BCUT2D eigenvalue weighted by molar-refractivity contribution is -0.179. The summed E-state index contributed by atoms with van der Waals surface area (Å²) in [6, 6.07) is 3.90. The summed E-state index contributed by atoms with van der Waals surface area (Å²) in [5.74, 6) is -0.485. The van der Waals surface area contributed by atoms with Crippen molar-refractivity contribution in [3.63, 3.8) is 0 Å². The van der Waals surface area contributed by atoms with Crippen molar-refractivity contribution >= 4 is 0 Å². The number of aryl methyl sites for hydroxylation is 2. The standard InChI is InChI=1S/C15H20F3NO/c1-9-6-10(2)14(13(7-9)20-3)12-5-4-11(8-19-12)15(16,17)18/h6-7,11-12,19H,4-5,8H2,1-3H3. The molecular weight excluding hydrogens is 267 g/mol. The molecule has 1 aromatic carbocycles. The van der Waals surface area contributed by atoms with E-state index < -0.39 is 12.1 Å². The number of hydrogen-bond acceptors (Lipinski definition) is 2. The number of ether oxygens (including phenoxy) is 1. The van der Waals surface area contributed by atoms with Crippen molar-refractivity contribution in [3.8, 4) is 5.75 Å². The van der Waals surface area contributed by atoms with Gasteiger partial charge in [-0.3, -0.25) is 0 Å². The Labute approximate surface area is 117 Å². The summed E-state index contributed by atoms with van der Waals surface area (Å²) >= 11 is 0. The molecule has 2 unspecified atom stereocenters. The summed E-state index contributed by atoms with van der Waals surface area (Å²) in [5.41, 5.74) is 3.13. The van der Waals surface area contributed by atoms with Crippen LogP contribution in [0, 0.1) is 19.8 Å². The van der Waals surface area contributed by atoms with Crippen LogP contribution in [0.2, 0.25) is 0 Å². The highest BCUT2D eigenvalue weighted by Crippen LogP contribution is 2.39. The summed E-state index contributed by atoms with van der Waals surface area (Å²) in [4.78, 5) is 0. The summed E-state index contributed by atoms with van der Waals surface area (Å²) in [5, 5.41) is 3.03. The van der Waals surface area contributed by atoms with E-state index in [9.17, 15) is 13.2 Å². The normalized spacial score (nSPS) is 23.7. The number of hydrogen-bond donors (Lipinski definition) is 1. The average Bonchev–Trinajstić information content (AvgIpc) is 2.37. The highest BCUT2D eigenvalue weighted by molar-refractivity contribution is 5.45. The van der Waals surface area contributed by atoms with Crippen LogP contribution in [0.25, 0.3) is 0 Å². The van der Waals surface area contributed by atoms with E-state index in [1.807, 2.05) is 26.0 Å². The van der Waals surface area contributed by atoms with Crippen LogP contribution >= 0.6 is 0 Å². The van der Waals surface area contributed by atoms with Crippen molar-refractivity contribution in [3.05, 3.63) is 28.8 Å². The third kappa shape index (κ3) is 3.08. The quantitative estimate of drug-likeness (QED) is 0.890. The van der Waals surface area contributed by atoms with Gasteiger partial charge in [0.05, 0.1) is 13.0 Å². The van der Waals surface area contributed by atoms with Gasteiger partial charge in [-0.1, -0.05) is 6.07 Å². The molecule has 0 saturated carbocycles. The average molecular weight is 287 g/mol. The summed E-state index contributed by atoms with van der Waals surface area (Å²) < 4.78 is 43.4. The highest BCUT2D eigenvalue weighted by atomic mass is 19.4. The molecule has 1 N–H and O–H groups in total. The monoisotopic (exact) mass is 287 g/mol. The Morgan fingerprint density at radius 3 is 2.40 bits per heavy atom. The van der Waals surface area contributed by atoms with E-state index in [-0.39, 0.29) is 19.0 Å². The van der Waals surface area contributed by atoms with E-state index in [2.05, 4.69) is 5.32 Å². The van der Waals surface area contributed by atoms with Gasteiger partial charge in [0.15, 0.2) is 0 Å². The van der Waals surface area contributed by atoms with E-state index in [4.69, 9.17) is 4.74 Å². The van der Waals surface area contributed by atoms with Gasteiger partial charge in [0.2, 0.25) is 0 Å². The second-order valence-electron chi connectivity index (χ2n) is 5.47. The zero-order valence-corrected chi connectivity index (χ0v) is 12.0. The van der Waals surface area contributed by atoms with Crippen LogP contribution in [-0.2, 0) is 0 Å². The maximum atomic E-state index is 12.7. The number of nitrogens with one attached hydrogen (secondary N) is 1. The first-order chi connectivity index (χ1) is 9.32. The van der Waals surface area contributed by atoms with E-state index >= 15 is 0 Å². The van der Waals surface area contributed by atoms with Gasteiger partial charge in [0, 0.05) is 18.2 Å². The lowest BCUT2D eigenvalue weighted by atomic mass is 9.88. The minimum Gasteiger partial charge on any atom is -0.496 e. The molecule has 2 rings (SSSR count). The van der Waals surface area contributed by atoms with Crippen LogP contribution in [0.4, 0.5) is 13.2 Å². The van der Waals surface area contributed by atoms with Crippen molar-refractivity contribution in [2.75, 3.05) is 13.7 Å². The van der Waals surface area contributed by atoms with Crippen LogP contribution in [0.3, 0.4) is 0 Å². The molecule has 0 amide bonds. The number of piperidine rings is 1. The minimum absolute atomic E-state index is 0.0232. The van der Waals surface area contributed by atoms with Gasteiger partial charge < -0.3 is 10.1 Å². The molecule has 0 bridgehead atoms. The largest absolute Gasteiger partial charge is 0.496 e. The maximum Gasteiger partial charge on any atom is 0.393 e. The predicted octanol–water partition coefficient (Wildman–Crippen LogP) is 3.92. The van der Waals surface area contributed by atoms with Crippen LogP contribution < -0.4 is 10.1 Å². The van der Waals surface area contributed by atoms with E-state index in [1.54, 1.807) is 7.11 Å². The predicted molar refractivity (Wildman–Crippen MR) is 72.0 cm³/mol. The molecule has 20 heavy (non-hydrogen) atoms. The molecule has 5 heteroatoms. The van der Waals surface area contributed by atoms with Crippen LogP contribution in [0.15, 0.2) is 12.1 Å². The molecule has 0 radical (unpaired) electrons. The third-order valence-electron chi connectivity index (χ3n) is 3.94. The van der Waals surface area contributed by atoms with Gasteiger partial charge in [-0.15, -0.1) is 0 Å². The maximum absolute atomic E-state index is 12.7. The Balaban J connectivity index is 2.19. The second-order valence-corrected chi connectivity index (χ2v) is 5.47. The summed E-state index contributed by atoms with van der Waals surface area (Å²) in [6.07, 6.45) is -3.47. The Morgan fingerprint density at radius 2 is 1.90 bits per heavy atom. The fraction of sp³-hybridized carbons (Fsp3) is 0.600. The zero-order chi connectivity index (χ0) is 14.9. The molecule has 0 aliphatic carbocycles. The Hall–Kier alpha value is -1.23. The Bertz CT molecular complexity index is 477. The van der Waals surface area contributed by atoms with Crippen LogP contribution in [-0.4, -0.2) is 19.8 Å². The molecule has 0 aromatic heterocycles. The summed E-state index contributed by atoms with van der Waals surface area (Å²) in [7, 11) is 1.60. The minimum atomic E-state index is -4.11. The SMILES string of the molecule is COc1cc(C)cc(C)c1C1CCC(C(F)(F)F)CN1. The topological polar surface area (TPSA) is 21.3 Å². The van der Waals surface area contributed by atoms with Gasteiger partial charge >= 0.3 is 6.18 Å². The van der Waals surface area contributed by atoms with Gasteiger partial charge in [-0.2, -0.15) is 13.2 Å². The smallest absolute Gasteiger partial charge is 0.393 e. The lowest BCUT2D eigenvalue weighted by Crippen LogP contribution is -2.40. The number of benzene rings is 1. The fourth-order valence-electron chi connectivity index (χ4n) is 2.94. The van der Waals surface area contributed by atoms with Crippen molar-refractivity contribution in [1.29, 1.82) is 0 Å².